The van der Waals surface area contributed by atoms with E-state index in [4.69, 9.17) is 0 Å². The van der Waals surface area contributed by atoms with Crippen molar-refractivity contribution < 1.29 is 5.11 Å². The quantitative estimate of drug-likeness (QED) is 0.756. The van der Waals surface area contributed by atoms with E-state index in [0.717, 1.165) is 23.8 Å². The van der Waals surface area contributed by atoms with Gasteiger partial charge in [0.1, 0.15) is 0 Å². The second kappa shape index (κ2) is 6.75. The molecule has 0 radical (unpaired) electrons. The van der Waals surface area contributed by atoms with Crippen molar-refractivity contribution in [2.45, 2.75) is 45.1 Å². The van der Waals surface area contributed by atoms with Crippen LogP contribution in [0.15, 0.2) is 42.5 Å². The van der Waals surface area contributed by atoms with Gasteiger partial charge in [0.2, 0.25) is 0 Å². The summed E-state index contributed by atoms with van der Waals surface area (Å²) in [6.07, 6.45) is 10.1. The Morgan fingerprint density at radius 1 is 1.22 bits per heavy atom. The molecule has 0 bridgehead atoms. The number of hydrogen-bond acceptors (Lipinski definition) is 1. The van der Waals surface area contributed by atoms with Gasteiger partial charge < -0.3 is 5.11 Å². The van der Waals surface area contributed by atoms with Crippen molar-refractivity contribution in [1.82, 2.24) is 0 Å². The summed E-state index contributed by atoms with van der Waals surface area (Å²) in [5, 5.41) is 10.0. The molecule has 0 heterocycles. The van der Waals surface area contributed by atoms with Crippen molar-refractivity contribution in [3.8, 4) is 0 Å². The summed E-state index contributed by atoms with van der Waals surface area (Å²) < 4.78 is 0. The molecule has 1 aromatic rings. The van der Waals surface area contributed by atoms with Crippen molar-refractivity contribution in [2.75, 3.05) is 0 Å². The highest BCUT2D eigenvalue weighted by Crippen LogP contribution is 2.33. The van der Waals surface area contributed by atoms with Crippen molar-refractivity contribution in [3.05, 3.63) is 48.0 Å². The first kappa shape index (κ1) is 13.4. The van der Waals surface area contributed by atoms with Crippen LogP contribution in [0.1, 0.15) is 50.7 Å². The minimum atomic E-state index is -0.358. The van der Waals surface area contributed by atoms with E-state index in [0.29, 0.717) is 0 Å². The average Bonchev–Trinajstić information content (AvgIpc) is 2.81. The lowest BCUT2D eigenvalue weighted by Crippen LogP contribution is -2.01. The zero-order valence-corrected chi connectivity index (χ0v) is 11.3. The summed E-state index contributed by atoms with van der Waals surface area (Å²) in [6.45, 7) is 2.37. The summed E-state index contributed by atoms with van der Waals surface area (Å²) in [4.78, 5) is 0. The third-order valence-corrected chi connectivity index (χ3v) is 4.19. The first-order chi connectivity index (χ1) is 8.77. The number of allylic oxidation sites excluding steroid dienone is 1. The zero-order chi connectivity index (χ0) is 12.8. The Bertz CT molecular complexity index is 368. The van der Waals surface area contributed by atoms with Crippen LogP contribution < -0.4 is 0 Å². The lowest BCUT2D eigenvalue weighted by molar-refractivity contribution is 0.181. The third kappa shape index (κ3) is 3.71. The molecule has 98 valence electrons. The van der Waals surface area contributed by atoms with Crippen molar-refractivity contribution in [2.24, 2.45) is 11.8 Å². The molecule has 1 heteroatoms. The van der Waals surface area contributed by atoms with Crippen LogP contribution in [0.25, 0.3) is 0 Å². The highest BCUT2D eigenvalue weighted by Gasteiger charge is 2.21. The molecular weight excluding hydrogens is 220 g/mol. The Morgan fingerprint density at radius 3 is 2.67 bits per heavy atom. The summed E-state index contributed by atoms with van der Waals surface area (Å²) in [6, 6.07) is 9.90. The predicted octanol–water partition coefficient (Wildman–Crippen LogP) is 4.49. The molecule has 1 aliphatic carbocycles. The first-order valence-corrected chi connectivity index (χ1v) is 7.15. The largest absolute Gasteiger partial charge is 0.388 e. The van der Waals surface area contributed by atoms with Gasteiger partial charge in [0, 0.05) is 0 Å². The SMILES string of the molecule is CC1CCCC1C/C=C/CC(O)c1ccccc1. The van der Waals surface area contributed by atoms with Crippen LogP contribution >= 0.6 is 0 Å². The van der Waals surface area contributed by atoms with E-state index in [9.17, 15) is 5.11 Å². The lowest BCUT2D eigenvalue weighted by atomic mass is 9.94. The van der Waals surface area contributed by atoms with E-state index < -0.39 is 0 Å². The van der Waals surface area contributed by atoms with Crippen LogP contribution in [0.2, 0.25) is 0 Å². The number of aliphatic hydroxyl groups excluding tert-OH is 1. The molecule has 3 atom stereocenters. The van der Waals surface area contributed by atoms with Gasteiger partial charge in [-0.1, -0.05) is 62.2 Å². The fourth-order valence-corrected chi connectivity index (χ4v) is 2.88. The van der Waals surface area contributed by atoms with Gasteiger partial charge in [-0.05, 0) is 36.7 Å². The molecule has 1 aromatic carbocycles. The molecule has 1 N–H and O–H groups in total. The Morgan fingerprint density at radius 2 is 2.00 bits per heavy atom. The van der Waals surface area contributed by atoms with Crippen molar-refractivity contribution >= 4 is 0 Å². The second-order valence-electron chi connectivity index (χ2n) is 5.54. The zero-order valence-electron chi connectivity index (χ0n) is 11.3. The topological polar surface area (TPSA) is 20.2 Å². The van der Waals surface area contributed by atoms with Gasteiger partial charge in [-0.2, -0.15) is 0 Å². The normalized spacial score (nSPS) is 25.7. The van der Waals surface area contributed by atoms with Gasteiger partial charge in [-0.3, -0.25) is 0 Å². The number of aliphatic hydroxyl groups is 1. The van der Waals surface area contributed by atoms with Gasteiger partial charge in [-0.15, -0.1) is 0 Å². The fraction of sp³-hybridized carbons (Fsp3) is 0.529. The molecule has 1 aliphatic rings. The summed E-state index contributed by atoms with van der Waals surface area (Å²) in [7, 11) is 0. The lowest BCUT2D eigenvalue weighted by Gasteiger charge is -2.12. The second-order valence-corrected chi connectivity index (χ2v) is 5.54. The minimum Gasteiger partial charge on any atom is -0.388 e. The molecule has 18 heavy (non-hydrogen) atoms. The van der Waals surface area contributed by atoms with E-state index in [2.05, 4.69) is 19.1 Å². The summed E-state index contributed by atoms with van der Waals surface area (Å²) >= 11 is 0. The summed E-state index contributed by atoms with van der Waals surface area (Å²) in [5.74, 6) is 1.75. The monoisotopic (exact) mass is 244 g/mol. The Labute approximate surface area is 111 Å². The van der Waals surface area contributed by atoms with E-state index >= 15 is 0 Å². The molecule has 0 aromatic heterocycles. The van der Waals surface area contributed by atoms with Crippen LogP contribution in [0.3, 0.4) is 0 Å². The van der Waals surface area contributed by atoms with Gasteiger partial charge in [-0.25, -0.2) is 0 Å². The van der Waals surface area contributed by atoms with Crippen LogP contribution in [0.4, 0.5) is 0 Å². The summed E-state index contributed by atoms with van der Waals surface area (Å²) in [5.41, 5.74) is 1.01. The standard InChI is InChI=1S/C17H24O/c1-14-8-7-12-15(14)9-5-6-13-17(18)16-10-3-2-4-11-16/h2-6,10-11,14-15,17-18H,7-9,12-13H2,1H3/b6-5+. The minimum absolute atomic E-state index is 0.358. The van der Waals surface area contributed by atoms with E-state index in [1.807, 2.05) is 30.3 Å². The Kier molecular flexibility index (Phi) is 5.00. The molecule has 0 spiro atoms. The first-order valence-electron chi connectivity index (χ1n) is 7.15. The van der Waals surface area contributed by atoms with Crippen molar-refractivity contribution in [1.29, 1.82) is 0 Å². The van der Waals surface area contributed by atoms with Gasteiger partial charge in [0.25, 0.3) is 0 Å². The third-order valence-electron chi connectivity index (χ3n) is 4.19. The highest BCUT2D eigenvalue weighted by atomic mass is 16.3. The van der Waals surface area contributed by atoms with E-state index in [-0.39, 0.29) is 6.10 Å². The molecule has 1 fully saturated rings. The van der Waals surface area contributed by atoms with Gasteiger partial charge in [0.05, 0.1) is 6.10 Å². The maximum absolute atomic E-state index is 10.0. The van der Waals surface area contributed by atoms with Crippen LogP contribution in [0.5, 0.6) is 0 Å². The predicted molar refractivity (Wildman–Crippen MR) is 76.3 cm³/mol. The molecular formula is C17H24O. The number of hydrogen-bond donors (Lipinski definition) is 1. The van der Waals surface area contributed by atoms with Crippen LogP contribution in [-0.4, -0.2) is 5.11 Å². The van der Waals surface area contributed by atoms with Gasteiger partial charge >= 0.3 is 0 Å². The number of rotatable bonds is 5. The smallest absolute Gasteiger partial charge is 0.0824 e. The molecule has 1 nitrogen and oxygen atoms in total. The molecule has 0 aliphatic heterocycles. The molecule has 0 amide bonds. The molecule has 1 saturated carbocycles. The molecule has 0 saturated heterocycles. The van der Waals surface area contributed by atoms with Crippen molar-refractivity contribution in [3.63, 3.8) is 0 Å². The van der Waals surface area contributed by atoms with Crippen LogP contribution in [0, 0.1) is 11.8 Å². The fourth-order valence-electron chi connectivity index (χ4n) is 2.88. The Balaban J connectivity index is 1.74. The maximum atomic E-state index is 10.0. The Hall–Kier alpha value is -1.08. The van der Waals surface area contributed by atoms with Crippen LogP contribution in [-0.2, 0) is 0 Å². The number of benzene rings is 1. The maximum Gasteiger partial charge on any atom is 0.0824 e. The average molecular weight is 244 g/mol. The van der Waals surface area contributed by atoms with E-state index in [1.54, 1.807) is 0 Å². The van der Waals surface area contributed by atoms with E-state index in [1.165, 1.54) is 25.7 Å². The molecule has 3 unspecified atom stereocenters. The molecule has 2 rings (SSSR count). The van der Waals surface area contributed by atoms with Gasteiger partial charge in [0.15, 0.2) is 0 Å². The highest BCUT2D eigenvalue weighted by molar-refractivity contribution is 5.17.